The smallest absolute Gasteiger partial charge is 0.422 e. The van der Waals surface area contributed by atoms with Gasteiger partial charge in [0.25, 0.3) is 0 Å². The molecule has 0 unspecified atom stereocenters. The number of ether oxygens (including phenoxy) is 1. The van der Waals surface area contributed by atoms with E-state index in [1.807, 2.05) is 24.3 Å². The average molecular weight is 600 g/mol. The van der Waals surface area contributed by atoms with Crippen molar-refractivity contribution >= 4 is 5.69 Å². The van der Waals surface area contributed by atoms with E-state index in [9.17, 15) is 26.3 Å². The first-order valence-electron chi connectivity index (χ1n) is 13.4. The van der Waals surface area contributed by atoms with Crippen LogP contribution in [0, 0.1) is 5.92 Å². The lowest BCUT2D eigenvalue weighted by atomic mass is 10.1. The van der Waals surface area contributed by atoms with Gasteiger partial charge in [0.1, 0.15) is 5.82 Å². The second kappa shape index (κ2) is 14.6. The molecule has 0 amide bonds. The Hall–Kier alpha value is -3.49. The first-order chi connectivity index (χ1) is 19.9. The van der Waals surface area contributed by atoms with Crippen molar-refractivity contribution < 1.29 is 31.1 Å². The van der Waals surface area contributed by atoms with Crippen molar-refractivity contribution in [3.8, 4) is 17.4 Å². The summed E-state index contributed by atoms with van der Waals surface area (Å²) in [6.07, 6.45) is -7.98. The molecule has 3 aromatic rings. The van der Waals surface area contributed by atoms with Crippen molar-refractivity contribution in [3.05, 3.63) is 65.5 Å². The van der Waals surface area contributed by atoms with E-state index in [0.717, 1.165) is 62.5 Å². The van der Waals surface area contributed by atoms with Crippen LogP contribution in [0.5, 0.6) is 6.01 Å². The molecule has 0 atom stereocenters. The summed E-state index contributed by atoms with van der Waals surface area (Å²) < 4.78 is 82.9. The lowest BCUT2D eigenvalue weighted by Crippen LogP contribution is -2.46. The number of hydrogen-bond acceptors (Lipinski definition) is 8. The molecule has 1 fully saturated rings. The van der Waals surface area contributed by atoms with Crippen LogP contribution in [-0.4, -0.2) is 65.4 Å². The SMILES string of the molecule is CC(C)CCN1CCN(c2cccc(Cc3nc(OCC(F)(F)F)nc(-c4cccc(C(F)(F)F)c4)n3)c2)CC1.NN. The minimum Gasteiger partial charge on any atom is -0.454 e. The summed E-state index contributed by atoms with van der Waals surface area (Å²) in [6.45, 7) is 7.47. The van der Waals surface area contributed by atoms with E-state index in [1.54, 1.807) is 0 Å². The number of halogens is 6. The van der Waals surface area contributed by atoms with Crippen molar-refractivity contribution in [2.24, 2.45) is 17.6 Å². The van der Waals surface area contributed by atoms with E-state index >= 15 is 0 Å². The molecule has 1 saturated heterocycles. The van der Waals surface area contributed by atoms with E-state index in [-0.39, 0.29) is 23.6 Å². The Morgan fingerprint density at radius 1 is 0.881 bits per heavy atom. The lowest BCUT2D eigenvalue weighted by Gasteiger charge is -2.36. The van der Waals surface area contributed by atoms with E-state index in [0.29, 0.717) is 5.92 Å². The molecule has 4 rings (SSSR count). The van der Waals surface area contributed by atoms with E-state index in [4.69, 9.17) is 4.74 Å². The molecule has 0 aliphatic carbocycles. The summed E-state index contributed by atoms with van der Waals surface area (Å²) in [5.74, 6) is 8.52. The third-order valence-corrected chi connectivity index (χ3v) is 6.51. The maximum absolute atomic E-state index is 13.3. The minimum absolute atomic E-state index is 0.0144. The van der Waals surface area contributed by atoms with Crippen LogP contribution in [0.4, 0.5) is 32.0 Å². The molecule has 1 aromatic heterocycles. The van der Waals surface area contributed by atoms with Crippen molar-refractivity contribution in [2.45, 2.75) is 39.0 Å². The van der Waals surface area contributed by atoms with Crippen molar-refractivity contribution in [3.63, 3.8) is 0 Å². The Labute approximate surface area is 240 Å². The molecule has 14 heteroatoms. The van der Waals surface area contributed by atoms with Gasteiger partial charge >= 0.3 is 18.4 Å². The van der Waals surface area contributed by atoms with Gasteiger partial charge in [-0.25, -0.2) is 4.98 Å². The maximum Gasteiger partial charge on any atom is 0.422 e. The van der Waals surface area contributed by atoms with E-state index < -0.39 is 30.5 Å². The molecule has 8 nitrogen and oxygen atoms in total. The fourth-order valence-corrected chi connectivity index (χ4v) is 4.37. The molecule has 1 aliphatic heterocycles. The summed E-state index contributed by atoms with van der Waals surface area (Å²) in [6, 6.07) is 11.3. The van der Waals surface area contributed by atoms with Gasteiger partial charge in [-0.2, -0.15) is 36.3 Å². The molecular formula is C28H35F6N7O. The number of benzene rings is 2. The van der Waals surface area contributed by atoms with Gasteiger partial charge in [0.15, 0.2) is 12.4 Å². The molecule has 2 aromatic carbocycles. The molecule has 230 valence electrons. The van der Waals surface area contributed by atoms with Crippen molar-refractivity contribution in [1.82, 2.24) is 19.9 Å². The topological polar surface area (TPSA) is 106 Å². The average Bonchev–Trinajstić information content (AvgIpc) is 2.96. The van der Waals surface area contributed by atoms with Crippen LogP contribution in [0.25, 0.3) is 11.4 Å². The number of nitrogens with zero attached hydrogens (tertiary/aromatic N) is 5. The van der Waals surface area contributed by atoms with Crippen LogP contribution in [0.3, 0.4) is 0 Å². The van der Waals surface area contributed by atoms with Crippen LogP contribution >= 0.6 is 0 Å². The second-order valence-electron chi connectivity index (χ2n) is 10.2. The molecule has 2 heterocycles. The fourth-order valence-electron chi connectivity index (χ4n) is 4.37. The zero-order valence-electron chi connectivity index (χ0n) is 23.4. The van der Waals surface area contributed by atoms with Crippen LogP contribution in [0.15, 0.2) is 48.5 Å². The van der Waals surface area contributed by atoms with Gasteiger partial charge in [0.05, 0.1) is 5.56 Å². The van der Waals surface area contributed by atoms with Crippen LogP contribution in [-0.2, 0) is 12.6 Å². The summed E-state index contributed by atoms with van der Waals surface area (Å²) >= 11 is 0. The Morgan fingerprint density at radius 3 is 2.21 bits per heavy atom. The number of piperazine rings is 1. The monoisotopic (exact) mass is 599 g/mol. The van der Waals surface area contributed by atoms with Crippen molar-refractivity contribution in [1.29, 1.82) is 0 Å². The van der Waals surface area contributed by atoms with Crippen LogP contribution in [0.1, 0.15) is 37.2 Å². The summed E-state index contributed by atoms with van der Waals surface area (Å²) in [5, 5.41) is 0. The number of anilines is 1. The summed E-state index contributed by atoms with van der Waals surface area (Å²) in [5.41, 5.74) is 0.852. The van der Waals surface area contributed by atoms with Gasteiger partial charge in [-0.1, -0.05) is 38.1 Å². The molecule has 4 N–H and O–H groups in total. The zero-order valence-corrected chi connectivity index (χ0v) is 23.4. The molecule has 0 saturated carbocycles. The van der Waals surface area contributed by atoms with Gasteiger partial charge in [-0.05, 0) is 48.7 Å². The fraction of sp³-hybridized carbons (Fsp3) is 0.464. The predicted octanol–water partition coefficient (Wildman–Crippen LogP) is 5.08. The number of nitrogens with two attached hydrogens (primary N) is 2. The summed E-state index contributed by atoms with van der Waals surface area (Å²) in [7, 11) is 0. The van der Waals surface area contributed by atoms with Gasteiger partial charge in [0, 0.05) is 43.9 Å². The van der Waals surface area contributed by atoms with Gasteiger partial charge in [-0.3, -0.25) is 16.6 Å². The molecule has 0 bridgehead atoms. The number of rotatable bonds is 9. The normalized spacial score (nSPS) is 14.5. The Kier molecular flexibility index (Phi) is 11.5. The third-order valence-electron chi connectivity index (χ3n) is 6.51. The van der Waals surface area contributed by atoms with Crippen LogP contribution < -0.4 is 21.3 Å². The zero-order chi connectivity index (χ0) is 30.9. The van der Waals surface area contributed by atoms with Crippen molar-refractivity contribution in [2.75, 3.05) is 44.2 Å². The standard InChI is InChI=1S/C28H31F6N5O.H4N2/c1-19(2)9-10-38-11-13-39(14-12-38)23-8-3-5-20(15-23)16-24-35-25(37-26(36-24)40-18-27(29,30)31)21-6-4-7-22(17-21)28(32,33)34;1-2/h3-8,15,17,19H,9-14,16,18H2,1-2H3;1-2H2. The number of hydrazine groups is 1. The quantitative estimate of drug-likeness (QED) is 0.199. The molecular weight excluding hydrogens is 564 g/mol. The van der Waals surface area contributed by atoms with E-state index in [2.05, 4.69) is 50.3 Å². The number of alkyl halides is 6. The Balaban J connectivity index is 0.00000237. The lowest BCUT2D eigenvalue weighted by molar-refractivity contribution is -0.154. The first-order valence-corrected chi connectivity index (χ1v) is 13.4. The first kappa shape index (κ1) is 33.0. The minimum atomic E-state index is -4.64. The number of aromatic nitrogens is 3. The molecule has 42 heavy (non-hydrogen) atoms. The number of hydrogen-bond donors (Lipinski definition) is 2. The molecule has 1 aliphatic rings. The molecule has 0 spiro atoms. The highest BCUT2D eigenvalue weighted by molar-refractivity contribution is 5.57. The predicted molar refractivity (Wildman–Crippen MR) is 148 cm³/mol. The highest BCUT2D eigenvalue weighted by Gasteiger charge is 2.31. The highest BCUT2D eigenvalue weighted by atomic mass is 19.4. The molecule has 0 radical (unpaired) electrons. The highest BCUT2D eigenvalue weighted by Crippen LogP contribution is 2.32. The maximum atomic E-state index is 13.3. The second-order valence-corrected chi connectivity index (χ2v) is 10.2. The Bertz CT molecular complexity index is 1280. The van der Waals surface area contributed by atoms with Gasteiger partial charge in [-0.15, -0.1) is 0 Å². The largest absolute Gasteiger partial charge is 0.454 e. The Morgan fingerprint density at radius 2 is 1.57 bits per heavy atom. The van der Waals surface area contributed by atoms with E-state index in [1.165, 1.54) is 12.1 Å². The van der Waals surface area contributed by atoms with Crippen LogP contribution in [0.2, 0.25) is 0 Å². The van der Waals surface area contributed by atoms with Gasteiger partial charge in [0.2, 0.25) is 0 Å². The van der Waals surface area contributed by atoms with Gasteiger partial charge < -0.3 is 9.64 Å². The third kappa shape index (κ3) is 10.1. The summed E-state index contributed by atoms with van der Waals surface area (Å²) in [4.78, 5) is 16.9.